The highest BCUT2D eigenvalue weighted by Gasteiger charge is 2.36. The number of rotatable bonds is 10. The van der Waals surface area contributed by atoms with E-state index in [-0.39, 0.29) is 12.2 Å². The van der Waals surface area contributed by atoms with Gasteiger partial charge in [0, 0.05) is 18.4 Å². The number of aromatic nitrogens is 7. The van der Waals surface area contributed by atoms with Crippen LogP contribution in [0.4, 0.5) is 8.78 Å². The van der Waals surface area contributed by atoms with Crippen molar-refractivity contribution >= 4 is 0 Å². The highest BCUT2D eigenvalue weighted by molar-refractivity contribution is 5.70. The number of aromatic amines is 1. The van der Waals surface area contributed by atoms with Crippen molar-refractivity contribution in [2.45, 2.75) is 58.4 Å². The molecule has 0 aliphatic carbocycles. The zero-order valence-electron chi connectivity index (χ0n) is 18.8. The standard InChI is InChI=1S/C24H27F2N7/c1-3-5-14-24(25,26)23-27-21(7-4-2)33(30-23)16-17-10-12-18(13-11-17)19-8-6-9-20(15-19)22-28-31-32-29-22/h6,8-13,15H,3-5,7,14,16H2,1-2H3,(H,28,29,31,32). The quantitative estimate of drug-likeness (QED) is 0.349. The van der Waals surface area contributed by atoms with Gasteiger partial charge in [0.15, 0.2) is 0 Å². The third-order valence-electron chi connectivity index (χ3n) is 5.48. The topological polar surface area (TPSA) is 85.2 Å². The first-order chi connectivity index (χ1) is 16.0. The van der Waals surface area contributed by atoms with Crippen molar-refractivity contribution in [2.75, 3.05) is 0 Å². The minimum Gasteiger partial charge on any atom is -0.245 e. The van der Waals surface area contributed by atoms with Gasteiger partial charge in [-0.05, 0) is 40.8 Å². The van der Waals surface area contributed by atoms with Crippen molar-refractivity contribution in [3.63, 3.8) is 0 Å². The van der Waals surface area contributed by atoms with Gasteiger partial charge in [-0.3, -0.25) is 0 Å². The normalized spacial score (nSPS) is 11.8. The van der Waals surface area contributed by atoms with Crippen LogP contribution in [0, 0.1) is 0 Å². The van der Waals surface area contributed by atoms with Crippen molar-refractivity contribution in [2.24, 2.45) is 0 Å². The summed E-state index contributed by atoms with van der Waals surface area (Å²) in [6.45, 7) is 4.30. The molecule has 33 heavy (non-hydrogen) atoms. The highest BCUT2D eigenvalue weighted by atomic mass is 19.3. The summed E-state index contributed by atoms with van der Waals surface area (Å²) in [4.78, 5) is 4.20. The Morgan fingerprint density at radius 1 is 0.970 bits per heavy atom. The van der Waals surface area contributed by atoms with E-state index in [1.807, 2.05) is 62.4 Å². The van der Waals surface area contributed by atoms with Crippen LogP contribution in [0.3, 0.4) is 0 Å². The first-order valence-corrected chi connectivity index (χ1v) is 11.3. The molecule has 7 nitrogen and oxygen atoms in total. The number of tetrazole rings is 1. The van der Waals surface area contributed by atoms with E-state index in [9.17, 15) is 8.78 Å². The predicted octanol–water partition coefficient (Wildman–Crippen LogP) is 5.41. The third-order valence-corrected chi connectivity index (χ3v) is 5.48. The highest BCUT2D eigenvalue weighted by Crippen LogP contribution is 2.31. The molecule has 9 heteroatoms. The Bertz CT molecular complexity index is 1170. The van der Waals surface area contributed by atoms with Crippen molar-refractivity contribution in [3.8, 4) is 22.5 Å². The fourth-order valence-corrected chi connectivity index (χ4v) is 3.67. The summed E-state index contributed by atoms with van der Waals surface area (Å²) in [5, 5.41) is 18.3. The summed E-state index contributed by atoms with van der Waals surface area (Å²) in [7, 11) is 0. The summed E-state index contributed by atoms with van der Waals surface area (Å²) in [5.41, 5.74) is 3.89. The Balaban J connectivity index is 1.54. The van der Waals surface area contributed by atoms with Crippen LogP contribution in [0.1, 0.15) is 56.7 Å². The second kappa shape index (κ2) is 9.97. The van der Waals surface area contributed by atoms with Gasteiger partial charge in [-0.15, -0.1) is 15.3 Å². The zero-order valence-corrected chi connectivity index (χ0v) is 18.8. The number of unbranched alkanes of at least 4 members (excludes halogenated alkanes) is 1. The third kappa shape index (κ3) is 5.30. The Hall–Kier alpha value is -3.49. The van der Waals surface area contributed by atoms with Crippen molar-refractivity contribution in [3.05, 3.63) is 65.7 Å². The predicted molar refractivity (Wildman–Crippen MR) is 122 cm³/mol. The van der Waals surface area contributed by atoms with Gasteiger partial charge in [-0.2, -0.15) is 14.0 Å². The van der Waals surface area contributed by atoms with E-state index in [1.54, 1.807) is 4.68 Å². The average Bonchev–Trinajstić information content (AvgIpc) is 3.50. The van der Waals surface area contributed by atoms with Crippen LogP contribution >= 0.6 is 0 Å². The van der Waals surface area contributed by atoms with Gasteiger partial charge in [0.25, 0.3) is 0 Å². The largest absolute Gasteiger partial charge is 0.308 e. The maximum atomic E-state index is 14.5. The van der Waals surface area contributed by atoms with Crippen LogP contribution in [-0.2, 0) is 18.9 Å². The molecule has 0 unspecified atom stereocenters. The van der Waals surface area contributed by atoms with Gasteiger partial charge in [0.1, 0.15) is 5.82 Å². The van der Waals surface area contributed by atoms with E-state index >= 15 is 0 Å². The molecule has 0 atom stereocenters. The summed E-state index contributed by atoms with van der Waals surface area (Å²) < 4.78 is 30.7. The number of hydrogen-bond acceptors (Lipinski definition) is 5. The summed E-state index contributed by atoms with van der Waals surface area (Å²) in [6.07, 6.45) is 2.35. The van der Waals surface area contributed by atoms with E-state index in [2.05, 4.69) is 30.7 Å². The van der Waals surface area contributed by atoms with E-state index < -0.39 is 5.92 Å². The molecule has 0 aliphatic heterocycles. The fraction of sp³-hybridized carbons (Fsp3) is 0.375. The monoisotopic (exact) mass is 451 g/mol. The minimum atomic E-state index is -3.00. The zero-order chi connectivity index (χ0) is 23.3. The molecular formula is C24H27F2N7. The molecule has 4 rings (SSSR count). The van der Waals surface area contributed by atoms with E-state index in [1.165, 1.54) is 0 Å². The van der Waals surface area contributed by atoms with E-state index in [4.69, 9.17) is 0 Å². The fourth-order valence-electron chi connectivity index (χ4n) is 3.67. The Kier molecular flexibility index (Phi) is 6.86. The van der Waals surface area contributed by atoms with Crippen LogP contribution in [0.2, 0.25) is 0 Å². The molecule has 2 aromatic heterocycles. The number of aryl methyl sites for hydroxylation is 1. The number of nitrogens with zero attached hydrogens (tertiary/aromatic N) is 6. The van der Waals surface area contributed by atoms with Crippen molar-refractivity contribution in [1.82, 2.24) is 35.4 Å². The number of nitrogens with one attached hydrogen (secondary N) is 1. The van der Waals surface area contributed by atoms with Crippen LogP contribution in [0.25, 0.3) is 22.5 Å². The Morgan fingerprint density at radius 2 is 1.76 bits per heavy atom. The summed E-state index contributed by atoms with van der Waals surface area (Å²) in [6, 6.07) is 15.9. The molecule has 0 saturated heterocycles. The Morgan fingerprint density at radius 3 is 2.45 bits per heavy atom. The summed E-state index contributed by atoms with van der Waals surface area (Å²) in [5.74, 6) is -2.23. The van der Waals surface area contributed by atoms with Crippen LogP contribution in [0.15, 0.2) is 48.5 Å². The molecule has 0 bridgehead atoms. The molecule has 0 saturated carbocycles. The summed E-state index contributed by atoms with van der Waals surface area (Å²) >= 11 is 0. The average molecular weight is 452 g/mol. The van der Waals surface area contributed by atoms with Gasteiger partial charge in [-0.1, -0.05) is 62.7 Å². The second-order valence-electron chi connectivity index (χ2n) is 8.08. The first kappa shape index (κ1) is 22.7. The molecular weight excluding hydrogens is 424 g/mol. The SMILES string of the molecule is CCCCC(F)(F)c1nc(CCC)n(Cc2ccc(-c3cccc(-c4nn[nH]n4)c3)cc2)n1. The second-order valence-corrected chi connectivity index (χ2v) is 8.08. The van der Waals surface area contributed by atoms with Crippen molar-refractivity contribution < 1.29 is 8.78 Å². The number of H-pyrrole nitrogens is 1. The Labute approximate surface area is 191 Å². The molecule has 2 heterocycles. The number of halogens is 2. The van der Waals surface area contributed by atoms with E-state index in [0.717, 1.165) is 28.7 Å². The lowest BCUT2D eigenvalue weighted by Gasteiger charge is -2.11. The number of alkyl halides is 2. The molecule has 0 fully saturated rings. The maximum Gasteiger partial charge on any atom is 0.308 e. The lowest BCUT2D eigenvalue weighted by Crippen LogP contribution is -2.16. The van der Waals surface area contributed by atoms with Crippen LogP contribution in [-0.4, -0.2) is 35.4 Å². The van der Waals surface area contributed by atoms with Crippen LogP contribution < -0.4 is 0 Å². The van der Waals surface area contributed by atoms with E-state index in [0.29, 0.717) is 37.5 Å². The van der Waals surface area contributed by atoms with Gasteiger partial charge >= 0.3 is 5.92 Å². The molecule has 172 valence electrons. The molecule has 2 aromatic carbocycles. The lowest BCUT2D eigenvalue weighted by molar-refractivity contribution is -0.0245. The van der Waals surface area contributed by atoms with Gasteiger partial charge in [0.2, 0.25) is 11.6 Å². The smallest absolute Gasteiger partial charge is 0.245 e. The van der Waals surface area contributed by atoms with Gasteiger partial charge < -0.3 is 0 Å². The maximum absolute atomic E-state index is 14.5. The molecule has 0 radical (unpaired) electrons. The molecule has 1 N–H and O–H groups in total. The molecule has 4 aromatic rings. The molecule has 0 aliphatic rings. The molecule has 0 spiro atoms. The minimum absolute atomic E-state index is 0.225. The van der Waals surface area contributed by atoms with Crippen molar-refractivity contribution in [1.29, 1.82) is 0 Å². The van der Waals surface area contributed by atoms with Gasteiger partial charge in [-0.25, -0.2) is 9.67 Å². The van der Waals surface area contributed by atoms with Crippen LogP contribution in [0.5, 0.6) is 0 Å². The molecule has 0 amide bonds. The number of hydrogen-bond donors (Lipinski definition) is 1. The number of benzene rings is 2. The van der Waals surface area contributed by atoms with Gasteiger partial charge in [0.05, 0.1) is 6.54 Å². The first-order valence-electron chi connectivity index (χ1n) is 11.3. The lowest BCUT2D eigenvalue weighted by atomic mass is 10.0.